The summed E-state index contributed by atoms with van der Waals surface area (Å²) in [6.07, 6.45) is 1.17. The first kappa shape index (κ1) is 13.4. The number of methoxy groups -OCH3 is 1. The van der Waals surface area contributed by atoms with E-state index in [-0.39, 0.29) is 4.90 Å². The molecule has 1 heterocycles. The number of ether oxygens (including phenoxy) is 1. The Morgan fingerprint density at radius 2 is 1.74 bits per heavy atom. The predicted octanol–water partition coefficient (Wildman–Crippen LogP) is 1.74. The SMILES string of the molecule is COc1ccc(-c2ccc(S(C)(=O)=O)cc2)nc1N. The van der Waals surface area contributed by atoms with Crippen LogP contribution in [0.4, 0.5) is 5.82 Å². The number of anilines is 1. The van der Waals surface area contributed by atoms with Crippen LogP contribution in [0.3, 0.4) is 0 Å². The van der Waals surface area contributed by atoms with Crippen molar-refractivity contribution < 1.29 is 13.2 Å². The second kappa shape index (κ2) is 4.89. The Morgan fingerprint density at radius 3 is 2.21 bits per heavy atom. The number of aromatic nitrogens is 1. The Hall–Kier alpha value is -2.08. The van der Waals surface area contributed by atoms with Gasteiger partial charge in [0.05, 0.1) is 17.7 Å². The summed E-state index contributed by atoms with van der Waals surface area (Å²) < 4.78 is 27.8. The van der Waals surface area contributed by atoms with E-state index in [1.165, 1.54) is 13.4 Å². The summed E-state index contributed by atoms with van der Waals surface area (Å²) in [6, 6.07) is 9.99. The maximum atomic E-state index is 11.4. The lowest BCUT2D eigenvalue weighted by molar-refractivity contribution is 0.415. The molecule has 0 fully saturated rings. The second-order valence-electron chi connectivity index (χ2n) is 4.08. The van der Waals surface area contributed by atoms with Crippen molar-refractivity contribution in [2.75, 3.05) is 19.1 Å². The molecule has 6 heteroatoms. The Kier molecular flexibility index (Phi) is 3.44. The Bertz CT molecular complexity index is 694. The number of hydrogen-bond acceptors (Lipinski definition) is 5. The summed E-state index contributed by atoms with van der Waals surface area (Å²) in [6.45, 7) is 0. The largest absolute Gasteiger partial charge is 0.493 e. The minimum absolute atomic E-state index is 0.276. The van der Waals surface area contributed by atoms with E-state index < -0.39 is 9.84 Å². The van der Waals surface area contributed by atoms with Crippen molar-refractivity contribution in [1.29, 1.82) is 0 Å². The molecule has 0 aliphatic carbocycles. The van der Waals surface area contributed by atoms with Gasteiger partial charge in [-0.2, -0.15) is 0 Å². The minimum atomic E-state index is -3.19. The molecule has 2 N–H and O–H groups in total. The predicted molar refractivity (Wildman–Crippen MR) is 73.7 cm³/mol. The van der Waals surface area contributed by atoms with Crippen molar-refractivity contribution in [2.45, 2.75) is 4.90 Å². The molecular weight excluding hydrogens is 264 g/mol. The molecule has 19 heavy (non-hydrogen) atoms. The molecule has 0 amide bonds. The highest BCUT2D eigenvalue weighted by Gasteiger charge is 2.08. The highest BCUT2D eigenvalue weighted by molar-refractivity contribution is 7.90. The van der Waals surface area contributed by atoms with Gasteiger partial charge in [-0.05, 0) is 24.3 Å². The van der Waals surface area contributed by atoms with Gasteiger partial charge in [0, 0.05) is 11.8 Å². The maximum Gasteiger partial charge on any atom is 0.175 e. The quantitative estimate of drug-likeness (QED) is 0.924. The molecule has 2 aromatic rings. The zero-order valence-corrected chi connectivity index (χ0v) is 11.4. The van der Waals surface area contributed by atoms with Gasteiger partial charge in [0.2, 0.25) is 0 Å². The van der Waals surface area contributed by atoms with E-state index in [0.717, 1.165) is 5.56 Å². The van der Waals surface area contributed by atoms with Crippen molar-refractivity contribution in [3.63, 3.8) is 0 Å². The summed E-state index contributed by atoms with van der Waals surface area (Å²) in [5.74, 6) is 0.809. The second-order valence-corrected chi connectivity index (χ2v) is 6.10. The molecule has 0 unspecified atom stereocenters. The maximum absolute atomic E-state index is 11.4. The Balaban J connectivity index is 2.40. The third-order valence-electron chi connectivity index (χ3n) is 2.68. The third-order valence-corrected chi connectivity index (χ3v) is 3.81. The van der Waals surface area contributed by atoms with Gasteiger partial charge in [-0.25, -0.2) is 13.4 Å². The lowest BCUT2D eigenvalue weighted by atomic mass is 10.1. The van der Waals surface area contributed by atoms with Crippen LogP contribution in [0.1, 0.15) is 0 Å². The van der Waals surface area contributed by atoms with Crippen LogP contribution in [0.5, 0.6) is 5.75 Å². The van der Waals surface area contributed by atoms with Crippen LogP contribution < -0.4 is 10.5 Å². The standard InChI is InChI=1S/C13H14N2O3S/c1-18-12-8-7-11(15-13(12)14)9-3-5-10(6-4-9)19(2,16)17/h3-8H,1-2H3,(H2,14,15). The van der Waals surface area contributed by atoms with Crippen LogP contribution in [0.2, 0.25) is 0 Å². The normalized spacial score (nSPS) is 11.3. The summed E-state index contributed by atoms with van der Waals surface area (Å²) in [5, 5.41) is 0. The van der Waals surface area contributed by atoms with Crippen LogP contribution in [0.25, 0.3) is 11.3 Å². The van der Waals surface area contributed by atoms with Gasteiger partial charge >= 0.3 is 0 Å². The van der Waals surface area contributed by atoms with E-state index in [4.69, 9.17) is 10.5 Å². The summed E-state index contributed by atoms with van der Waals surface area (Å²) >= 11 is 0. The van der Waals surface area contributed by atoms with Crippen molar-refractivity contribution in [3.8, 4) is 17.0 Å². The first-order valence-electron chi connectivity index (χ1n) is 5.53. The number of nitrogens with zero attached hydrogens (tertiary/aromatic N) is 1. The van der Waals surface area contributed by atoms with E-state index in [0.29, 0.717) is 17.3 Å². The fourth-order valence-corrected chi connectivity index (χ4v) is 2.30. The summed E-state index contributed by atoms with van der Waals surface area (Å²) in [4.78, 5) is 4.49. The first-order chi connectivity index (χ1) is 8.91. The third kappa shape index (κ3) is 2.85. The summed E-state index contributed by atoms with van der Waals surface area (Å²) in [5.41, 5.74) is 7.19. The molecule has 0 aliphatic heterocycles. The number of hydrogen-bond donors (Lipinski definition) is 1. The van der Waals surface area contributed by atoms with Gasteiger partial charge in [-0.3, -0.25) is 0 Å². The fraction of sp³-hybridized carbons (Fsp3) is 0.154. The number of pyridine rings is 1. The van der Waals surface area contributed by atoms with Gasteiger partial charge in [0.1, 0.15) is 0 Å². The van der Waals surface area contributed by atoms with Gasteiger partial charge < -0.3 is 10.5 Å². The van der Waals surface area contributed by atoms with Gasteiger partial charge in [0.15, 0.2) is 21.4 Å². The molecule has 2 rings (SSSR count). The zero-order chi connectivity index (χ0) is 14.0. The van der Waals surface area contributed by atoms with Gasteiger partial charge in [-0.1, -0.05) is 12.1 Å². The topological polar surface area (TPSA) is 82.3 Å². The lowest BCUT2D eigenvalue weighted by Crippen LogP contribution is -1.98. The molecule has 0 aliphatic rings. The number of benzene rings is 1. The Labute approximate surface area is 112 Å². The number of nitrogen functional groups attached to an aromatic ring is 1. The van der Waals surface area contributed by atoms with Gasteiger partial charge in [-0.15, -0.1) is 0 Å². The molecule has 0 saturated heterocycles. The fourth-order valence-electron chi connectivity index (χ4n) is 1.67. The van der Waals surface area contributed by atoms with Gasteiger partial charge in [0.25, 0.3) is 0 Å². The number of rotatable bonds is 3. The summed E-state index contributed by atoms with van der Waals surface area (Å²) in [7, 11) is -1.66. The van der Waals surface area contributed by atoms with E-state index in [9.17, 15) is 8.42 Å². The molecule has 0 atom stereocenters. The lowest BCUT2D eigenvalue weighted by Gasteiger charge is -2.07. The molecule has 5 nitrogen and oxygen atoms in total. The van der Waals surface area contributed by atoms with E-state index in [1.54, 1.807) is 36.4 Å². The molecule has 1 aromatic heterocycles. The van der Waals surface area contributed by atoms with Crippen molar-refractivity contribution >= 4 is 15.7 Å². The molecule has 0 spiro atoms. The molecular formula is C13H14N2O3S. The minimum Gasteiger partial charge on any atom is -0.493 e. The van der Waals surface area contributed by atoms with Crippen LogP contribution in [-0.2, 0) is 9.84 Å². The van der Waals surface area contributed by atoms with Crippen molar-refractivity contribution in [3.05, 3.63) is 36.4 Å². The highest BCUT2D eigenvalue weighted by Crippen LogP contribution is 2.25. The molecule has 0 saturated carbocycles. The average molecular weight is 278 g/mol. The molecule has 0 bridgehead atoms. The molecule has 1 aromatic carbocycles. The number of nitrogens with two attached hydrogens (primary N) is 1. The molecule has 0 radical (unpaired) electrons. The van der Waals surface area contributed by atoms with E-state index in [2.05, 4.69) is 4.98 Å². The van der Waals surface area contributed by atoms with Crippen molar-refractivity contribution in [1.82, 2.24) is 4.98 Å². The van der Waals surface area contributed by atoms with Crippen LogP contribution >= 0.6 is 0 Å². The van der Waals surface area contributed by atoms with E-state index >= 15 is 0 Å². The highest BCUT2D eigenvalue weighted by atomic mass is 32.2. The van der Waals surface area contributed by atoms with Crippen LogP contribution in [0.15, 0.2) is 41.3 Å². The van der Waals surface area contributed by atoms with Crippen molar-refractivity contribution in [2.24, 2.45) is 0 Å². The van der Waals surface area contributed by atoms with Crippen LogP contribution in [-0.4, -0.2) is 26.8 Å². The molecule has 100 valence electrons. The Morgan fingerprint density at radius 1 is 1.11 bits per heavy atom. The van der Waals surface area contributed by atoms with E-state index in [1.807, 2.05) is 0 Å². The monoisotopic (exact) mass is 278 g/mol. The average Bonchev–Trinajstić information content (AvgIpc) is 2.38. The first-order valence-corrected chi connectivity index (χ1v) is 7.42. The zero-order valence-electron chi connectivity index (χ0n) is 10.6. The number of sulfone groups is 1. The van der Waals surface area contributed by atoms with Crippen LogP contribution in [0, 0.1) is 0 Å². The smallest absolute Gasteiger partial charge is 0.175 e.